The van der Waals surface area contributed by atoms with E-state index in [-0.39, 0.29) is 11.9 Å². The van der Waals surface area contributed by atoms with E-state index in [0.29, 0.717) is 13.0 Å². The molecule has 0 radical (unpaired) electrons. The highest BCUT2D eigenvalue weighted by molar-refractivity contribution is 5.79. The molecule has 5 nitrogen and oxygen atoms in total. The molecule has 1 unspecified atom stereocenters. The van der Waals surface area contributed by atoms with E-state index in [1.807, 2.05) is 41.3 Å². The first-order valence-electron chi connectivity index (χ1n) is 8.85. The van der Waals surface area contributed by atoms with Crippen LogP contribution in [-0.4, -0.2) is 56.6 Å². The van der Waals surface area contributed by atoms with E-state index in [4.69, 9.17) is 9.47 Å². The van der Waals surface area contributed by atoms with E-state index < -0.39 is 0 Å². The molecule has 2 aromatic rings. The molecule has 1 aliphatic rings. The van der Waals surface area contributed by atoms with Gasteiger partial charge in [-0.2, -0.15) is 0 Å². The Labute approximate surface area is 155 Å². The SMILES string of the molecule is COc1ccc(CC(=O)N2CCN(C)C(c3cccc(OC)c3)C2)cc1. The lowest BCUT2D eigenvalue weighted by atomic mass is 10.0. The molecule has 138 valence electrons. The Kier molecular flexibility index (Phi) is 5.78. The minimum Gasteiger partial charge on any atom is -0.497 e. The van der Waals surface area contributed by atoms with Crippen LogP contribution in [0, 0.1) is 0 Å². The number of nitrogens with zero attached hydrogens (tertiary/aromatic N) is 2. The molecule has 2 aromatic carbocycles. The summed E-state index contributed by atoms with van der Waals surface area (Å²) >= 11 is 0. The van der Waals surface area contributed by atoms with E-state index in [2.05, 4.69) is 24.1 Å². The molecule has 5 heteroatoms. The maximum Gasteiger partial charge on any atom is 0.227 e. The molecule has 0 saturated carbocycles. The second-order valence-corrected chi connectivity index (χ2v) is 6.64. The van der Waals surface area contributed by atoms with E-state index >= 15 is 0 Å². The van der Waals surface area contributed by atoms with Gasteiger partial charge in [-0.15, -0.1) is 0 Å². The Balaban J connectivity index is 1.69. The maximum absolute atomic E-state index is 12.8. The number of likely N-dealkylation sites (N-methyl/N-ethyl adjacent to an activating group) is 1. The van der Waals surface area contributed by atoms with Crippen molar-refractivity contribution in [1.82, 2.24) is 9.80 Å². The van der Waals surface area contributed by atoms with Crippen LogP contribution in [0.3, 0.4) is 0 Å². The molecule has 1 heterocycles. The Bertz CT molecular complexity index is 745. The van der Waals surface area contributed by atoms with Crippen LogP contribution in [-0.2, 0) is 11.2 Å². The summed E-state index contributed by atoms with van der Waals surface area (Å²) in [6.45, 7) is 2.31. The molecule has 1 fully saturated rings. The summed E-state index contributed by atoms with van der Waals surface area (Å²) < 4.78 is 10.5. The highest BCUT2D eigenvalue weighted by atomic mass is 16.5. The van der Waals surface area contributed by atoms with Gasteiger partial charge in [-0.05, 0) is 42.4 Å². The van der Waals surface area contributed by atoms with Crippen LogP contribution in [0.4, 0.5) is 0 Å². The molecule has 1 atom stereocenters. The average Bonchev–Trinajstić information content (AvgIpc) is 2.69. The number of carbonyl (C=O) groups is 1. The van der Waals surface area contributed by atoms with Gasteiger partial charge in [-0.25, -0.2) is 0 Å². The van der Waals surface area contributed by atoms with E-state index in [1.54, 1.807) is 14.2 Å². The number of rotatable bonds is 5. The zero-order valence-electron chi connectivity index (χ0n) is 15.6. The number of methoxy groups -OCH3 is 2. The van der Waals surface area contributed by atoms with Crippen molar-refractivity contribution < 1.29 is 14.3 Å². The van der Waals surface area contributed by atoms with Crippen molar-refractivity contribution in [3.63, 3.8) is 0 Å². The molecule has 0 aliphatic carbocycles. The molecule has 0 aromatic heterocycles. The molecule has 26 heavy (non-hydrogen) atoms. The van der Waals surface area contributed by atoms with E-state index in [0.717, 1.165) is 30.2 Å². The van der Waals surface area contributed by atoms with Gasteiger partial charge in [0.1, 0.15) is 11.5 Å². The topological polar surface area (TPSA) is 42.0 Å². The molecule has 1 amide bonds. The van der Waals surface area contributed by atoms with Gasteiger partial charge in [0.25, 0.3) is 0 Å². The summed E-state index contributed by atoms with van der Waals surface area (Å²) in [6, 6.07) is 16.0. The van der Waals surface area contributed by atoms with Crippen LogP contribution >= 0.6 is 0 Å². The zero-order valence-corrected chi connectivity index (χ0v) is 15.6. The van der Waals surface area contributed by atoms with Crippen molar-refractivity contribution in [2.45, 2.75) is 12.5 Å². The van der Waals surface area contributed by atoms with E-state index in [1.165, 1.54) is 5.56 Å². The Morgan fingerprint density at radius 1 is 1.04 bits per heavy atom. The van der Waals surface area contributed by atoms with Crippen molar-refractivity contribution in [2.24, 2.45) is 0 Å². The smallest absolute Gasteiger partial charge is 0.227 e. The van der Waals surface area contributed by atoms with Crippen LogP contribution in [0.1, 0.15) is 17.2 Å². The average molecular weight is 354 g/mol. The quantitative estimate of drug-likeness (QED) is 0.828. The highest BCUT2D eigenvalue weighted by Gasteiger charge is 2.28. The summed E-state index contributed by atoms with van der Waals surface area (Å²) in [7, 11) is 5.42. The third-order valence-electron chi connectivity index (χ3n) is 4.99. The molecule has 0 spiro atoms. The van der Waals surface area contributed by atoms with Gasteiger partial charge >= 0.3 is 0 Å². The summed E-state index contributed by atoms with van der Waals surface area (Å²) in [6.07, 6.45) is 0.415. The summed E-state index contributed by atoms with van der Waals surface area (Å²) in [5.41, 5.74) is 2.18. The predicted octanol–water partition coefficient (Wildman–Crippen LogP) is 2.76. The molecule has 1 aliphatic heterocycles. The van der Waals surface area contributed by atoms with Gasteiger partial charge in [0.2, 0.25) is 5.91 Å². The van der Waals surface area contributed by atoms with E-state index in [9.17, 15) is 4.79 Å². The molecule has 1 saturated heterocycles. The van der Waals surface area contributed by atoms with Crippen molar-refractivity contribution in [1.29, 1.82) is 0 Å². The van der Waals surface area contributed by atoms with Crippen LogP contribution in [0.25, 0.3) is 0 Å². The standard InChI is InChI=1S/C21H26N2O3/c1-22-11-12-23(15-20(22)17-5-4-6-19(14-17)26-3)21(24)13-16-7-9-18(25-2)10-8-16/h4-10,14,20H,11-13,15H2,1-3H3. The number of amides is 1. The van der Waals surface area contributed by atoms with Crippen molar-refractivity contribution in [3.8, 4) is 11.5 Å². The Morgan fingerprint density at radius 3 is 2.46 bits per heavy atom. The summed E-state index contributed by atoms with van der Waals surface area (Å²) in [4.78, 5) is 17.0. The fourth-order valence-corrected chi connectivity index (χ4v) is 3.34. The fourth-order valence-electron chi connectivity index (χ4n) is 3.34. The number of hydrogen-bond acceptors (Lipinski definition) is 4. The van der Waals surface area contributed by atoms with Gasteiger partial charge in [-0.3, -0.25) is 9.69 Å². The lowest BCUT2D eigenvalue weighted by Crippen LogP contribution is -2.49. The first-order chi connectivity index (χ1) is 12.6. The Hall–Kier alpha value is -2.53. The summed E-state index contributed by atoms with van der Waals surface area (Å²) in [5, 5.41) is 0. The minimum absolute atomic E-state index is 0.163. The second-order valence-electron chi connectivity index (χ2n) is 6.64. The van der Waals surface area contributed by atoms with Gasteiger partial charge < -0.3 is 14.4 Å². The van der Waals surface area contributed by atoms with Crippen LogP contribution < -0.4 is 9.47 Å². The van der Waals surface area contributed by atoms with Gasteiger partial charge in [-0.1, -0.05) is 24.3 Å². The lowest BCUT2D eigenvalue weighted by Gasteiger charge is -2.40. The summed E-state index contributed by atoms with van der Waals surface area (Å²) in [5.74, 6) is 1.81. The van der Waals surface area contributed by atoms with Crippen LogP contribution in [0.5, 0.6) is 11.5 Å². The third-order valence-corrected chi connectivity index (χ3v) is 4.99. The monoisotopic (exact) mass is 354 g/mol. The first-order valence-corrected chi connectivity index (χ1v) is 8.85. The number of ether oxygens (including phenoxy) is 2. The normalized spacial score (nSPS) is 17.8. The maximum atomic E-state index is 12.8. The molecular formula is C21H26N2O3. The van der Waals surface area contributed by atoms with Gasteiger partial charge in [0, 0.05) is 19.6 Å². The number of hydrogen-bond donors (Lipinski definition) is 0. The molecule has 3 rings (SSSR count). The highest BCUT2D eigenvalue weighted by Crippen LogP contribution is 2.27. The molecule has 0 bridgehead atoms. The third kappa shape index (κ3) is 4.17. The molecular weight excluding hydrogens is 328 g/mol. The molecule has 0 N–H and O–H groups in total. The van der Waals surface area contributed by atoms with Crippen molar-refractivity contribution in [2.75, 3.05) is 40.9 Å². The number of benzene rings is 2. The fraction of sp³-hybridized carbons (Fsp3) is 0.381. The number of piperazine rings is 1. The van der Waals surface area contributed by atoms with Crippen molar-refractivity contribution in [3.05, 3.63) is 59.7 Å². The van der Waals surface area contributed by atoms with Crippen LogP contribution in [0.2, 0.25) is 0 Å². The minimum atomic E-state index is 0.163. The second kappa shape index (κ2) is 8.23. The van der Waals surface area contributed by atoms with Crippen LogP contribution in [0.15, 0.2) is 48.5 Å². The van der Waals surface area contributed by atoms with Gasteiger partial charge in [0.15, 0.2) is 0 Å². The van der Waals surface area contributed by atoms with Gasteiger partial charge in [0.05, 0.1) is 26.7 Å². The predicted molar refractivity (Wildman–Crippen MR) is 102 cm³/mol. The lowest BCUT2D eigenvalue weighted by molar-refractivity contribution is -0.133. The zero-order chi connectivity index (χ0) is 18.5. The largest absolute Gasteiger partial charge is 0.497 e. The van der Waals surface area contributed by atoms with Crippen molar-refractivity contribution >= 4 is 5.91 Å². The Morgan fingerprint density at radius 2 is 1.77 bits per heavy atom. The first kappa shape index (κ1) is 18.3. The number of carbonyl (C=O) groups excluding carboxylic acids is 1.